The van der Waals surface area contributed by atoms with Crippen molar-refractivity contribution in [2.45, 2.75) is 44.1 Å². The van der Waals surface area contributed by atoms with Gasteiger partial charge in [-0.1, -0.05) is 0 Å². The quantitative estimate of drug-likeness (QED) is 0.799. The van der Waals surface area contributed by atoms with Crippen molar-refractivity contribution in [2.24, 2.45) is 0 Å². The van der Waals surface area contributed by atoms with E-state index in [4.69, 9.17) is 19.2 Å². The van der Waals surface area contributed by atoms with Gasteiger partial charge in [-0.05, 0) is 19.8 Å². The summed E-state index contributed by atoms with van der Waals surface area (Å²) in [5.74, 6) is -0.342. The first-order chi connectivity index (χ1) is 10.2. The van der Waals surface area contributed by atoms with Crippen LogP contribution in [-0.4, -0.2) is 37.9 Å². The van der Waals surface area contributed by atoms with E-state index in [9.17, 15) is 4.79 Å². The number of thiazole rings is 1. The molecule has 0 saturated carbocycles. The van der Waals surface area contributed by atoms with Gasteiger partial charge in [0.15, 0.2) is 0 Å². The lowest BCUT2D eigenvalue weighted by Gasteiger charge is -2.34. The number of methoxy groups -OCH3 is 1. The van der Waals surface area contributed by atoms with Crippen LogP contribution in [0.1, 0.15) is 47.7 Å². The summed E-state index contributed by atoms with van der Waals surface area (Å²) in [5, 5.41) is 0.993. The third-order valence-corrected chi connectivity index (χ3v) is 5.69. The van der Waals surface area contributed by atoms with E-state index in [-0.39, 0.29) is 17.5 Å². The lowest BCUT2D eigenvalue weighted by Crippen LogP contribution is -2.35. The summed E-state index contributed by atoms with van der Waals surface area (Å²) in [7, 11) is 1.74. The molecule has 0 aromatic carbocycles. The van der Waals surface area contributed by atoms with Crippen LogP contribution in [0.3, 0.4) is 0 Å². The monoisotopic (exact) mass is 311 g/mol. The molecule has 1 saturated heterocycles. The average molecular weight is 311 g/mol. The van der Waals surface area contributed by atoms with Crippen LogP contribution in [0.15, 0.2) is 0 Å². The summed E-state index contributed by atoms with van der Waals surface area (Å²) < 4.78 is 16.4. The molecular formula is C15H21NO4S. The van der Waals surface area contributed by atoms with Crippen molar-refractivity contribution in [3.8, 4) is 0 Å². The maximum atomic E-state index is 12.0. The highest BCUT2D eigenvalue weighted by Gasteiger charge is 2.41. The number of ether oxygens (including phenoxy) is 3. The van der Waals surface area contributed by atoms with E-state index in [1.54, 1.807) is 18.4 Å². The van der Waals surface area contributed by atoms with Crippen LogP contribution in [0.5, 0.6) is 0 Å². The fourth-order valence-electron chi connectivity index (χ4n) is 3.10. The molecule has 116 valence electrons. The minimum atomic E-state index is -0.341. The first-order valence-electron chi connectivity index (χ1n) is 7.50. The molecule has 5 nitrogen and oxygen atoms in total. The Hall–Kier alpha value is -0.980. The largest absolute Gasteiger partial charge is 0.465 e. The van der Waals surface area contributed by atoms with E-state index in [0.29, 0.717) is 19.8 Å². The molecule has 6 heteroatoms. The van der Waals surface area contributed by atoms with E-state index in [0.717, 1.165) is 36.4 Å². The zero-order valence-corrected chi connectivity index (χ0v) is 13.3. The summed E-state index contributed by atoms with van der Waals surface area (Å²) in [6, 6.07) is 0. The smallest absolute Gasteiger partial charge is 0.315 e. The second-order valence-electron chi connectivity index (χ2n) is 5.48. The number of carbonyl (C=O) groups is 1. The number of nitrogens with zero attached hydrogens (tertiary/aromatic N) is 1. The van der Waals surface area contributed by atoms with Crippen molar-refractivity contribution in [3.63, 3.8) is 0 Å². The van der Waals surface area contributed by atoms with Gasteiger partial charge in [-0.2, -0.15) is 0 Å². The third-order valence-electron chi connectivity index (χ3n) is 4.37. The van der Waals surface area contributed by atoms with Gasteiger partial charge in [0, 0.05) is 38.0 Å². The Bertz CT molecular complexity index is 522. The maximum Gasteiger partial charge on any atom is 0.315 e. The molecule has 1 aliphatic carbocycles. The van der Waals surface area contributed by atoms with Crippen LogP contribution < -0.4 is 0 Å². The van der Waals surface area contributed by atoms with Gasteiger partial charge in [0.2, 0.25) is 0 Å². The number of hydrogen-bond acceptors (Lipinski definition) is 6. The Kier molecular flexibility index (Phi) is 4.28. The van der Waals surface area contributed by atoms with Gasteiger partial charge in [-0.3, -0.25) is 4.79 Å². The first-order valence-corrected chi connectivity index (χ1v) is 8.31. The summed E-state index contributed by atoms with van der Waals surface area (Å²) in [5.41, 5.74) is 0.572. The van der Waals surface area contributed by atoms with Crippen molar-refractivity contribution >= 4 is 17.3 Å². The number of aryl methyl sites for hydroxylation is 1. The van der Waals surface area contributed by atoms with Gasteiger partial charge in [0.1, 0.15) is 16.5 Å². The number of aromatic nitrogens is 1. The standard InChI is InChI=1S/C15H21NO4S/c1-3-20-13(17)10-4-5-11-12(10)16-14(21-11)15(18-2)6-8-19-9-7-15/h10H,3-9H2,1-2H3. The number of carbonyl (C=O) groups excluding carboxylic acids is 1. The molecule has 1 atom stereocenters. The molecule has 1 fully saturated rings. The van der Waals surface area contributed by atoms with Crippen LogP contribution in [0.4, 0.5) is 0 Å². The molecular weight excluding hydrogens is 290 g/mol. The van der Waals surface area contributed by atoms with Crippen molar-refractivity contribution in [2.75, 3.05) is 26.9 Å². The lowest BCUT2D eigenvalue weighted by atomic mass is 9.95. The Balaban J connectivity index is 1.87. The second kappa shape index (κ2) is 6.02. The summed E-state index contributed by atoms with van der Waals surface area (Å²) in [4.78, 5) is 18.0. The van der Waals surface area contributed by atoms with E-state index >= 15 is 0 Å². The Morgan fingerprint density at radius 3 is 2.90 bits per heavy atom. The number of rotatable bonds is 4. The minimum Gasteiger partial charge on any atom is -0.465 e. The Morgan fingerprint density at radius 1 is 1.48 bits per heavy atom. The fourth-order valence-corrected chi connectivity index (χ4v) is 4.46. The lowest BCUT2D eigenvalue weighted by molar-refractivity contribution is -0.145. The molecule has 2 aliphatic rings. The van der Waals surface area contributed by atoms with E-state index in [1.165, 1.54) is 4.88 Å². The number of hydrogen-bond donors (Lipinski definition) is 0. The molecule has 1 aromatic rings. The highest BCUT2D eigenvalue weighted by atomic mass is 32.1. The molecule has 0 amide bonds. The van der Waals surface area contributed by atoms with Crippen molar-refractivity contribution in [3.05, 3.63) is 15.6 Å². The van der Waals surface area contributed by atoms with Crippen LogP contribution >= 0.6 is 11.3 Å². The average Bonchev–Trinajstić information content (AvgIpc) is 3.08. The van der Waals surface area contributed by atoms with Gasteiger partial charge in [0.05, 0.1) is 12.3 Å². The number of esters is 1. The minimum absolute atomic E-state index is 0.147. The fraction of sp³-hybridized carbons (Fsp3) is 0.733. The molecule has 1 aromatic heterocycles. The molecule has 0 spiro atoms. The second-order valence-corrected chi connectivity index (χ2v) is 6.57. The SMILES string of the molecule is CCOC(=O)C1CCc2sc(C3(OC)CCOCC3)nc21. The highest BCUT2D eigenvalue weighted by molar-refractivity contribution is 7.12. The van der Waals surface area contributed by atoms with Crippen LogP contribution in [0.25, 0.3) is 0 Å². The third kappa shape index (κ3) is 2.60. The predicted molar refractivity (Wildman–Crippen MR) is 78.5 cm³/mol. The molecule has 3 rings (SSSR count). The molecule has 0 N–H and O–H groups in total. The molecule has 1 aliphatic heterocycles. The molecule has 1 unspecified atom stereocenters. The first kappa shape index (κ1) is 14.9. The zero-order valence-electron chi connectivity index (χ0n) is 12.5. The topological polar surface area (TPSA) is 57.7 Å². The highest BCUT2D eigenvalue weighted by Crippen LogP contribution is 2.44. The normalized spacial score (nSPS) is 23.8. The Morgan fingerprint density at radius 2 is 2.24 bits per heavy atom. The van der Waals surface area contributed by atoms with Crippen LogP contribution in [-0.2, 0) is 31.0 Å². The summed E-state index contributed by atoms with van der Waals surface area (Å²) in [6.45, 7) is 3.64. The molecule has 0 bridgehead atoms. The Labute approximate surface area is 128 Å². The summed E-state index contributed by atoms with van der Waals surface area (Å²) in [6.07, 6.45) is 3.36. The summed E-state index contributed by atoms with van der Waals surface area (Å²) >= 11 is 1.69. The predicted octanol–water partition coefficient (Wildman–Crippen LogP) is 2.39. The molecule has 2 heterocycles. The van der Waals surface area contributed by atoms with Crippen molar-refractivity contribution < 1.29 is 19.0 Å². The van der Waals surface area contributed by atoms with Gasteiger partial charge < -0.3 is 14.2 Å². The van der Waals surface area contributed by atoms with Gasteiger partial charge >= 0.3 is 5.97 Å². The van der Waals surface area contributed by atoms with Gasteiger partial charge in [-0.25, -0.2) is 4.98 Å². The van der Waals surface area contributed by atoms with Crippen LogP contribution in [0.2, 0.25) is 0 Å². The molecule has 21 heavy (non-hydrogen) atoms. The van der Waals surface area contributed by atoms with Crippen LogP contribution in [0, 0.1) is 0 Å². The molecule has 0 radical (unpaired) electrons. The number of fused-ring (bicyclic) bond motifs is 1. The zero-order chi connectivity index (χ0) is 14.9. The van der Waals surface area contributed by atoms with Crippen molar-refractivity contribution in [1.82, 2.24) is 4.98 Å². The van der Waals surface area contributed by atoms with Gasteiger partial charge in [-0.15, -0.1) is 11.3 Å². The van der Waals surface area contributed by atoms with Gasteiger partial charge in [0.25, 0.3) is 0 Å². The maximum absolute atomic E-state index is 12.0. The van der Waals surface area contributed by atoms with Crippen molar-refractivity contribution in [1.29, 1.82) is 0 Å². The van der Waals surface area contributed by atoms with E-state index < -0.39 is 0 Å². The van der Waals surface area contributed by atoms with E-state index in [2.05, 4.69) is 0 Å². The van der Waals surface area contributed by atoms with E-state index in [1.807, 2.05) is 6.92 Å².